The molecule has 1 aliphatic heterocycles. The van der Waals surface area contributed by atoms with Crippen LogP contribution in [-0.4, -0.2) is 35.9 Å². The number of carbonyl (C=O) groups is 1. The second kappa shape index (κ2) is 5.15. The van der Waals surface area contributed by atoms with Gasteiger partial charge in [0.2, 0.25) is 0 Å². The zero-order valence-corrected chi connectivity index (χ0v) is 9.71. The van der Waals surface area contributed by atoms with Crippen molar-refractivity contribution < 1.29 is 14.6 Å². The van der Waals surface area contributed by atoms with Gasteiger partial charge in [-0.25, -0.2) is 0 Å². The molecule has 92 valence electrons. The van der Waals surface area contributed by atoms with E-state index in [1.54, 1.807) is 0 Å². The maximum atomic E-state index is 11.9. The molecule has 2 fully saturated rings. The van der Waals surface area contributed by atoms with E-state index in [9.17, 15) is 9.90 Å². The Morgan fingerprint density at radius 1 is 1.31 bits per heavy atom. The monoisotopic (exact) mass is 227 g/mol. The van der Waals surface area contributed by atoms with Crippen LogP contribution in [0, 0.1) is 0 Å². The third-order valence-electron chi connectivity index (χ3n) is 3.62. The van der Waals surface area contributed by atoms with Gasteiger partial charge in [-0.15, -0.1) is 0 Å². The lowest BCUT2D eigenvalue weighted by Crippen LogP contribution is -2.49. The Bertz CT molecular complexity index is 243. The Morgan fingerprint density at radius 3 is 2.69 bits per heavy atom. The predicted octanol–water partition coefficient (Wildman–Crippen LogP) is 0.977. The lowest BCUT2D eigenvalue weighted by Gasteiger charge is -2.30. The first-order valence-corrected chi connectivity index (χ1v) is 6.33. The fourth-order valence-corrected chi connectivity index (χ4v) is 2.54. The number of hydrogen-bond acceptors (Lipinski definition) is 3. The van der Waals surface area contributed by atoms with Crippen LogP contribution in [0.3, 0.4) is 0 Å². The van der Waals surface area contributed by atoms with E-state index in [4.69, 9.17) is 4.74 Å². The fraction of sp³-hybridized carbons (Fsp3) is 0.917. The van der Waals surface area contributed by atoms with Gasteiger partial charge in [0, 0.05) is 13.2 Å². The van der Waals surface area contributed by atoms with Crippen molar-refractivity contribution in [2.45, 2.75) is 56.7 Å². The van der Waals surface area contributed by atoms with Crippen molar-refractivity contribution in [2.75, 3.05) is 13.2 Å². The molecule has 1 aliphatic carbocycles. The van der Waals surface area contributed by atoms with Gasteiger partial charge in [-0.05, 0) is 25.7 Å². The number of carbonyl (C=O) groups excluding carboxylic acids is 1. The summed E-state index contributed by atoms with van der Waals surface area (Å²) in [6, 6.07) is 0. The van der Waals surface area contributed by atoms with Gasteiger partial charge in [-0.1, -0.05) is 19.3 Å². The predicted molar refractivity (Wildman–Crippen MR) is 60.0 cm³/mol. The van der Waals surface area contributed by atoms with Crippen molar-refractivity contribution >= 4 is 5.91 Å². The molecule has 1 heterocycles. The molecule has 0 spiro atoms. The van der Waals surface area contributed by atoms with E-state index in [0.717, 1.165) is 38.7 Å². The number of nitrogens with one attached hydrogen (secondary N) is 1. The topological polar surface area (TPSA) is 58.6 Å². The van der Waals surface area contributed by atoms with E-state index in [1.807, 2.05) is 0 Å². The molecule has 1 saturated carbocycles. The van der Waals surface area contributed by atoms with Gasteiger partial charge in [0.1, 0.15) is 5.60 Å². The minimum absolute atomic E-state index is 0.149. The van der Waals surface area contributed by atoms with Gasteiger partial charge in [0.25, 0.3) is 5.91 Å². The Morgan fingerprint density at radius 2 is 2.06 bits per heavy atom. The highest BCUT2D eigenvalue weighted by Gasteiger charge is 2.37. The van der Waals surface area contributed by atoms with Gasteiger partial charge in [-0.2, -0.15) is 0 Å². The largest absolute Gasteiger partial charge is 0.380 e. The van der Waals surface area contributed by atoms with Crippen LogP contribution in [0.2, 0.25) is 0 Å². The first kappa shape index (κ1) is 11.9. The number of hydrogen-bond donors (Lipinski definition) is 2. The minimum atomic E-state index is -1.11. The summed E-state index contributed by atoms with van der Waals surface area (Å²) in [6.07, 6.45) is 6.46. The highest BCUT2D eigenvalue weighted by Crippen LogP contribution is 2.28. The first-order valence-electron chi connectivity index (χ1n) is 6.33. The van der Waals surface area contributed by atoms with E-state index in [2.05, 4.69) is 5.32 Å². The Labute approximate surface area is 96.4 Å². The summed E-state index contributed by atoms with van der Waals surface area (Å²) < 4.78 is 5.43. The van der Waals surface area contributed by atoms with Crippen LogP contribution in [0.25, 0.3) is 0 Å². The molecular weight excluding hydrogens is 206 g/mol. The van der Waals surface area contributed by atoms with Crippen molar-refractivity contribution in [3.05, 3.63) is 0 Å². The average Bonchev–Trinajstić information content (AvgIpc) is 2.79. The second-order valence-electron chi connectivity index (χ2n) is 4.94. The molecule has 0 aromatic carbocycles. The first-order chi connectivity index (χ1) is 7.71. The molecular formula is C12H21NO3. The summed E-state index contributed by atoms with van der Waals surface area (Å²) in [7, 11) is 0. The number of aliphatic hydroxyl groups is 1. The van der Waals surface area contributed by atoms with Gasteiger partial charge >= 0.3 is 0 Å². The molecule has 0 aromatic heterocycles. The summed E-state index contributed by atoms with van der Waals surface area (Å²) >= 11 is 0. The van der Waals surface area contributed by atoms with Crippen LogP contribution in [0.4, 0.5) is 0 Å². The van der Waals surface area contributed by atoms with Gasteiger partial charge in [0.15, 0.2) is 0 Å². The normalized spacial score (nSPS) is 28.9. The van der Waals surface area contributed by atoms with Crippen LogP contribution in [0.5, 0.6) is 0 Å². The van der Waals surface area contributed by atoms with Crippen molar-refractivity contribution in [1.29, 1.82) is 0 Å². The molecule has 0 bridgehead atoms. The van der Waals surface area contributed by atoms with Crippen LogP contribution in [0.15, 0.2) is 0 Å². The van der Waals surface area contributed by atoms with Crippen LogP contribution >= 0.6 is 0 Å². The lowest BCUT2D eigenvalue weighted by molar-refractivity contribution is -0.143. The zero-order chi connectivity index (χ0) is 11.4. The molecule has 0 unspecified atom stereocenters. The van der Waals surface area contributed by atoms with E-state index in [1.165, 1.54) is 0 Å². The Balaban J connectivity index is 1.77. The molecule has 1 saturated heterocycles. The van der Waals surface area contributed by atoms with E-state index in [-0.39, 0.29) is 12.0 Å². The summed E-state index contributed by atoms with van der Waals surface area (Å²) in [5.74, 6) is -0.206. The van der Waals surface area contributed by atoms with Crippen molar-refractivity contribution in [3.8, 4) is 0 Å². The number of rotatable bonds is 3. The smallest absolute Gasteiger partial charge is 0.252 e. The summed E-state index contributed by atoms with van der Waals surface area (Å²) in [5.41, 5.74) is -1.11. The maximum absolute atomic E-state index is 11.9. The van der Waals surface area contributed by atoms with Crippen LogP contribution < -0.4 is 5.32 Å². The molecule has 16 heavy (non-hydrogen) atoms. The number of ether oxygens (including phenoxy) is 1. The highest BCUT2D eigenvalue weighted by atomic mass is 16.5. The third-order valence-corrected chi connectivity index (χ3v) is 3.62. The van der Waals surface area contributed by atoms with E-state index >= 15 is 0 Å². The summed E-state index contributed by atoms with van der Waals surface area (Å²) in [6.45, 7) is 1.34. The molecule has 1 atom stereocenters. The zero-order valence-electron chi connectivity index (χ0n) is 9.71. The highest BCUT2D eigenvalue weighted by molar-refractivity contribution is 5.84. The molecule has 2 rings (SSSR count). The van der Waals surface area contributed by atoms with Gasteiger partial charge in [-0.3, -0.25) is 4.79 Å². The van der Waals surface area contributed by atoms with E-state index < -0.39 is 5.60 Å². The second-order valence-corrected chi connectivity index (χ2v) is 4.94. The molecule has 0 aromatic rings. The molecule has 0 radical (unpaired) electrons. The average molecular weight is 227 g/mol. The Hall–Kier alpha value is -0.610. The van der Waals surface area contributed by atoms with Crippen molar-refractivity contribution in [1.82, 2.24) is 5.32 Å². The van der Waals surface area contributed by atoms with Gasteiger partial charge in [0.05, 0.1) is 6.10 Å². The summed E-state index contributed by atoms with van der Waals surface area (Å²) in [5, 5.41) is 13.0. The molecule has 2 aliphatic rings. The minimum Gasteiger partial charge on any atom is -0.380 e. The van der Waals surface area contributed by atoms with Crippen molar-refractivity contribution in [3.63, 3.8) is 0 Å². The lowest BCUT2D eigenvalue weighted by atomic mass is 9.84. The van der Waals surface area contributed by atoms with Crippen LogP contribution in [-0.2, 0) is 9.53 Å². The fourth-order valence-electron chi connectivity index (χ4n) is 2.54. The van der Waals surface area contributed by atoms with Crippen molar-refractivity contribution in [2.24, 2.45) is 0 Å². The molecule has 4 heteroatoms. The molecule has 4 nitrogen and oxygen atoms in total. The summed E-state index contributed by atoms with van der Waals surface area (Å²) in [4.78, 5) is 11.9. The third kappa shape index (κ3) is 2.74. The SMILES string of the molecule is O=C(NC[C@H]1CCCO1)C1(O)CCCCC1. The molecule has 1 amide bonds. The van der Waals surface area contributed by atoms with Crippen LogP contribution in [0.1, 0.15) is 44.9 Å². The standard InChI is InChI=1S/C12H21NO3/c14-11(12(15)6-2-1-3-7-12)13-9-10-5-4-8-16-10/h10,15H,1-9H2,(H,13,14)/t10-/m1/s1. The maximum Gasteiger partial charge on any atom is 0.252 e. The van der Waals surface area contributed by atoms with E-state index in [0.29, 0.717) is 19.4 Å². The Kier molecular flexibility index (Phi) is 3.82. The molecule has 2 N–H and O–H groups in total. The van der Waals surface area contributed by atoms with Gasteiger partial charge < -0.3 is 15.2 Å². The number of amides is 1. The quantitative estimate of drug-likeness (QED) is 0.755.